The van der Waals surface area contributed by atoms with Crippen LogP contribution < -0.4 is 4.90 Å². The van der Waals surface area contributed by atoms with Crippen molar-refractivity contribution in [1.29, 1.82) is 0 Å². The van der Waals surface area contributed by atoms with Crippen LogP contribution >= 0.6 is 11.6 Å². The highest BCUT2D eigenvalue weighted by Gasteiger charge is 2.27. The molecule has 0 amide bonds. The highest BCUT2D eigenvalue weighted by molar-refractivity contribution is 7.88. The molecule has 3 rings (SSSR count). The van der Waals surface area contributed by atoms with Crippen LogP contribution in [0.1, 0.15) is 5.56 Å². The third-order valence-electron chi connectivity index (χ3n) is 4.00. The number of benzene rings is 2. The minimum absolute atomic E-state index is 0.0605. The SMILES string of the molecule is O=S(=O)(Cc1ccccc1)N1CCN(c2cccc(Cl)c2)CC1. The van der Waals surface area contributed by atoms with Crippen molar-refractivity contribution in [3.8, 4) is 0 Å². The molecule has 122 valence electrons. The third-order valence-corrected chi connectivity index (χ3v) is 6.08. The molecule has 23 heavy (non-hydrogen) atoms. The quantitative estimate of drug-likeness (QED) is 0.851. The Morgan fingerprint density at radius 2 is 1.61 bits per heavy atom. The molecule has 1 saturated heterocycles. The summed E-state index contributed by atoms with van der Waals surface area (Å²) >= 11 is 6.02. The van der Waals surface area contributed by atoms with Crippen LogP contribution in [0, 0.1) is 0 Å². The Balaban J connectivity index is 1.64. The van der Waals surface area contributed by atoms with E-state index in [4.69, 9.17) is 11.6 Å². The topological polar surface area (TPSA) is 40.6 Å². The van der Waals surface area contributed by atoms with Gasteiger partial charge in [-0.05, 0) is 23.8 Å². The summed E-state index contributed by atoms with van der Waals surface area (Å²) in [6.07, 6.45) is 0. The molecule has 0 radical (unpaired) electrons. The summed E-state index contributed by atoms with van der Waals surface area (Å²) in [5.74, 6) is 0.0605. The zero-order valence-corrected chi connectivity index (χ0v) is 14.3. The van der Waals surface area contributed by atoms with Crippen LogP contribution in [0.4, 0.5) is 5.69 Å². The van der Waals surface area contributed by atoms with E-state index in [2.05, 4.69) is 4.90 Å². The van der Waals surface area contributed by atoms with Gasteiger partial charge in [0.2, 0.25) is 10.0 Å². The van der Waals surface area contributed by atoms with E-state index in [0.29, 0.717) is 31.2 Å². The summed E-state index contributed by atoms with van der Waals surface area (Å²) in [6.45, 7) is 2.35. The van der Waals surface area contributed by atoms with E-state index in [1.807, 2.05) is 54.6 Å². The van der Waals surface area contributed by atoms with Gasteiger partial charge in [-0.3, -0.25) is 0 Å². The summed E-state index contributed by atoms with van der Waals surface area (Å²) in [6, 6.07) is 17.0. The number of piperazine rings is 1. The highest BCUT2D eigenvalue weighted by atomic mass is 35.5. The van der Waals surface area contributed by atoms with E-state index in [1.165, 1.54) is 0 Å². The van der Waals surface area contributed by atoms with Gasteiger partial charge in [0.05, 0.1) is 5.75 Å². The van der Waals surface area contributed by atoms with Gasteiger partial charge in [0.15, 0.2) is 0 Å². The molecule has 0 N–H and O–H groups in total. The second kappa shape index (κ2) is 6.91. The Morgan fingerprint density at radius 1 is 0.913 bits per heavy atom. The number of hydrogen-bond acceptors (Lipinski definition) is 3. The monoisotopic (exact) mass is 350 g/mol. The Kier molecular flexibility index (Phi) is 4.90. The van der Waals surface area contributed by atoms with Crippen molar-refractivity contribution in [1.82, 2.24) is 4.31 Å². The Hall–Kier alpha value is -1.56. The van der Waals surface area contributed by atoms with Crippen molar-refractivity contribution in [2.75, 3.05) is 31.1 Å². The largest absolute Gasteiger partial charge is 0.369 e. The van der Waals surface area contributed by atoms with E-state index in [1.54, 1.807) is 4.31 Å². The Morgan fingerprint density at radius 3 is 2.26 bits per heavy atom. The van der Waals surface area contributed by atoms with Crippen molar-refractivity contribution in [2.24, 2.45) is 0 Å². The minimum Gasteiger partial charge on any atom is -0.369 e. The highest BCUT2D eigenvalue weighted by Crippen LogP contribution is 2.22. The summed E-state index contributed by atoms with van der Waals surface area (Å²) in [5, 5.41) is 0.696. The molecule has 0 atom stereocenters. The first kappa shape index (κ1) is 16.3. The zero-order valence-electron chi connectivity index (χ0n) is 12.7. The molecule has 1 aliphatic rings. The molecule has 0 spiro atoms. The molecule has 0 saturated carbocycles. The van der Waals surface area contributed by atoms with Gasteiger partial charge >= 0.3 is 0 Å². The van der Waals surface area contributed by atoms with Gasteiger partial charge in [0.1, 0.15) is 0 Å². The van der Waals surface area contributed by atoms with Crippen LogP contribution in [-0.4, -0.2) is 38.9 Å². The predicted octanol–water partition coefficient (Wildman–Crippen LogP) is 2.99. The molecule has 0 aliphatic carbocycles. The molecule has 1 fully saturated rings. The Labute approximate surface area is 142 Å². The van der Waals surface area contributed by atoms with Gasteiger partial charge in [-0.25, -0.2) is 8.42 Å². The number of rotatable bonds is 4. The van der Waals surface area contributed by atoms with Crippen molar-refractivity contribution in [2.45, 2.75) is 5.75 Å². The van der Waals surface area contributed by atoms with Gasteiger partial charge in [0, 0.05) is 36.9 Å². The second-order valence-electron chi connectivity index (χ2n) is 5.61. The molecule has 2 aromatic rings. The van der Waals surface area contributed by atoms with Crippen LogP contribution in [0.3, 0.4) is 0 Å². The van der Waals surface area contributed by atoms with Crippen LogP contribution in [-0.2, 0) is 15.8 Å². The maximum Gasteiger partial charge on any atom is 0.218 e. The molecule has 2 aromatic carbocycles. The lowest BCUT2D eigenvalue weighted by Crippen LogP contribution is -2.49. The van der Waals surface area contributed by atoms with E-state index < -0.39 is 10.0 Å². The average Bonchev–Trinajstić information content (AvgIpc) is 2.55. The van der Waals surface area contributed by atoms with Crippen LogP contribution in [0.2, 0.25) is 5.02 Å². The molecule has 1 aliphatic heterocycles. The van der Waals surface area contributed by atoms with Crippen LogP contribution in [0.5, 0.6) is 0 Å². The molecule has 1 heterocycles. The third kappa shape index (κ3) is 4.05. The number of nitrogens with zero attached hydrogens (tertiary/aromatic N) is 2. The first-order valence-corrected chi connectivity index (χ1v) is 9.55. The van der Waals surface area contributed by atoms with Crippen LogP contribution in [0.15, 0.2) is 54.6 Å². The minimum atomic E-state index is -3.27. The lowest BCUT2D eigenvalue weighted by Gasteiger charge is -2.35. The van der Waals surface area contributed by atoms with E-state index in [-0.39, 0.29) is 5.75 Å². The van der Waals surface area contributed by atoms with E-state index >= 15 is 0 Å². The predicted molar refractivity (Wildman–Crippen MR) is 94.3 cm³/mol. The summed E-state index contributed by atoms with van der Waals surface area (Å²) in [7, 11) is -3.27. The number of halogens is 1. The van der Waals surface area contributed by atoms with Crippen molar-refractivity contribution < 1.29 is 8.42 Å². The Bertz CT molecular complexity index is 757. The molecule has 6 heteroatoms. The van der Waals surface area contributed by atoms with Gasteiger partial charge in [-0.2, -0.15) is 4.31 Å². The number of anilines is 1. The average molecular weight is 351 g/mol. The zero-order chi connectivity index (χ0) is 16.3. The smallest absolute Gasteiger partial charge is 0.218 e. The van der Waals surface area contributed by atoms with Gasteiger partial charge in [-0.1, -0.05) is 48.0 Å². The van der Waals surface area contributed by atoms with Crippen molar-refractivity contribution in [3.05, 3.63) is 65.2 Å². The van der Waals surface area contributed by atoms with E-state index in [9.17, 15) is 8.42 Å². The maximum absolute atomic E-state index is 12.5. The fourth-order valence-corrected chi connectivity index (χ4v) is 4.47. The van der Waals surface area contributed by atoms with E-state index in [0.717, 1.165) is 11.3 Å². The summed E-state index contributed by atoms with van der Waals surface area (Å²) in [5.41, 5.74) is 1.86. The first-order valence-electron chi connectivity index (χ1n) is 7.57. The maximum atomic E-state index is 12.5. The normalized spacial score (nSPS) is 16.5. The first-order chi connectivity index (χ1) is 11.0. The van der Waals surface area contributed by atoms with Crippen molar-refractivity contribution in [3.63, 3.8) is 0 Å². The molecule has 0 aromatic heterocycles. The lowest BCUT2D eigenvalue weighted by atomic mass is 10.2. The number of hydrogen-bond donors (Lipinski definition) is 0. The molecule has 4 nitrogen and oxygen atoms in total. The molecular formula is C17H19ClN2O2S. The van der Waals surface area contributed by atoms with Gasteiger partial charge in [-0.15, -0.1) is 0 Å². The summed E-state index contributed by atoms with van der Waals surface area (Å²) in [4.78, 5) is 2.17. The van der Waals surface area contributed by atoms with Gasteiger partial charge < -0.3 is 4.90 Å². The standard InChI is InChI=1S/C17H19ClN2O2S/c18-16-7-4-8-17(13-16)19-9-11-20(12-10-19)23(21,22)14-15-5-2-1-3-6-15/h1-8,13H,9-12,14H2. The molecular weight excluding hydrogens is 332 g/mol. The van der Waals surface area contributed by atoms with Crippen LogP contribution in [0.25, 0.3) is 0 Å². The second-order valence-corrected chi connectivity index (χ2v) is 8.01. The number of sulfonamides is 1. The van der Waals surface area contributed by atoms with Crippen molar-refractivity contribution >= 4 is 27.3 Å². The summed E-state index contributed by atoms with van der Waals surface area (Å²) < 4.78 is 26.7. The molecule has 0 unspecified atom stereocenters. The fourth-order valence-electron chi connectivity index (χ4n) is 2.77. The molecule has 0 bridgehead atoms. The van der Waals surface area contributed by atoms with Gasteiger partial charge in [0.25, 0.3) is 0 Å². The lowest BCUT2D eigenvalue weighted by molar-refractivity contribution is 0.384. The fraction of sp³-hybridized carbons (Fsp3) is 0.294.